The summed E-state index contributed by atoms with van der Waals surface area (Å²) < 4.78 is 23.5. The van der Waals surface area contributed by atoms with Gasteiger partial charge in [-0.3, -0.25) is 4.98 Å². The number of nitrogens with zero attached hydrogens (tertiary/aromatic N) is 1. The predicted octanol–water partition coefficient (Wildman–Crippen LogP) is 3.14. The molecule has 1 unspecified atom stereocenters. The Labute approximate surface area is 152 Å². The molecule has 0 aliphatic heterocycles. The van der Waals surface area contributed by atoms with Crippen LogP contribution < -0.4 is 10.6 Å². The summed E-state index contributed by atoms with van der Waals surface area (Å²) in [5, 5.41) is 7.32. The van der Waals surface area contributed by atoms with Gasteiger partial charge in [-0.25, -0.2) is 13.2 Å². The van der Waals surface area contributed by atoms with Crippen LogP contribution in [-0.2, 0) is 9.84 Å². The van der Waals surface area contributed by atoms with E-state index in [2.05, 4.69) is 15.6 Å². The summed E-state index contributed by atoms with van der Waals surface area (Å²) in [6.45, 7) is 0. The molecule has 0 radical (unpaired) electrons. The molecule has 2 amide bonds. The zero-order valence-corrected chi connectivity index (χ0v) is 15.0. The van der Waals surface area contributed by atoms with E-state index in [9.17, 15) is 13.2 Å². The normalized spacial score (nSPS) is 12.5. The lowest BCUT2D eigenvalue weighted by molar-refractivity contribution is 0.249. The Morgan fingerprint density at radius 1 is 1.08 bits per heavy atom. The molecule has 0 bridgehead atoms. The van der Waals surface area contributed by atoms with Crippen molar-refractivity contribution in [2.24, 2.45) is 0 Å². The van der Waals surface area contributed by atoms with Crippen molar-refractivity contribution in [1.82, 2.24) is 10.3 Å². The number of benzene rings is 2. The van der Waals surface area contributed by atoms with E-state index in [-0.39, 0.29) is 5.75 Å². The van der Waals surface area contributed by atoms with Crippen LogP contribution in [0.4, 0.5) is 10.5 Å². The molecule has 1 heterocycles. The quantitative estimate of drug-likeness (QED) is 0.723. The molecule has 134 valence electrons. The zero-order chi connectivity index (χ0) is 18.6. The Bertz CT molecular complexity index is 1020. The highest BCUT2D eigenvalue weighted by molar-refractivity contribution is 7.90. The number of urea groups is 1. The third-order valence-corrected chi connectivity index (χ3v) is 4.84. The summed E-state index contributed by atoms with van der Waals surface area (Å²) in [4.78, 5) is 16.6. The lowest BCUT2D eigenvalue weighted by Crippen LogP contribution is -2.36. The molecule has 0 fully saturated rings. The minimum absolute atomic E-state index is 0.177. The Balaban J connectivity index is 1.81. The fourth-order valence-corrected chi connectivity index (χ4v) is 3.64. The first-order chi connectivity index (χ1) is 12.4. The van der Waals surface area contributed by atoms with Crippen molar-refractivity contribution in [3.63, 3.8) is 0 Å². The van der Waals surface area contributed by atoms with Gasteiger partial charge in [0.05, 0.1) is 17.5 Å². The van der Waals surface area contributed by atoms with Crippen LogP contribution in [-0.4, -0.2) is 31.4 Å². The first kappa shape index (κ1) is 17.9. The Kier molecular flexibility index (Phi) is 5.18. The smallest absolute Gasteiger partial charge is 0.319 e. The highest BCUT2D eigenvalue weighted by atomic mass is 32.2. The molecule has 0 aliphatic rings. The summed E-state index contributed by atoms with van der Waals surface area (Å²) >= 11 is 0. The van der Waals surface area contributed by atoms with E-state index in [1.165, 1.54) is 0 Å². The van der Waals surface area contributed by atoms with Gasteiger partial charge in [-0.05, 0) is 17.7 Å². The number of aromatic nitrogens is 1. The standard InChI is InChI=1S/C19H19N3O3S/c1-26(24,25)13-18(14-6-3-2-4-7-14)22-19(23)21-17-9-5-8-15-12-20-11-10-16(15)17/h2-12,18H,13H2,1H3,(H2,21,22,23). The van der Waals surface area contributed by atoms with Gasteiger partial charge in [-0.15, -0.1) is 0 Å². The molecule has 0 saturated carbocycles. The maximum Gasteiger partial charge on any atom is 0.319 e. The fourth-order valence-electron chi connectivity index (χ4n) is 2.76. The van der Waals surface area contributed by atoms with Crippen molar-refractivity contribution >= 4 is 32.3 Å². The molecule has 1 aromatic heterocycles. The van der Waals surface area contributed by atoms with Gasteiger partial charge in [0.1, 0.15) is 9.84 Å². The second-order valence-corrected chi connectivity index (χ2v) is 8.24. The van der Waals surface area contributed by atoms with Gasteiger partial charge in [0.15, 0.2) is 0 Å². The van der Waals surface area contributed by atoms with Gasteiger partial charge in [-0.1, -0.05) is 42.5 Å². The number of pyridine rings is 1. The molecule has 1 atom stereocenters. The second-order valence-electron chi connectivity index (χ2n) is 6.06. The summed E-state index contributed by atoms with van der Waals surface area (Å²) in [5.41, 5.74) is 1.36. The minimum Gasteiger partial charge on any atom is -0.330 e. The van der Waals surface area contributed by atoms with Crippen LogP contribution in [0.3, 0.4) is 0 Å². The van der Waals surface area contributed by atoms with E-state index in [1.807, 2.05) is 36.4 Å². The molecule has 0 spiro atoms. The maximum absolute atomic E-state index is 12.5. The van der Waals surface area contributed by atoms with Crippen LogP contribution in [0.15, 0.2) is 67.0 Å². The van der Waals surface area contributed by atoms with Gasteiger partial charge >= 0.3 is 6.03 Å². The number of fused-ring (bicyclic) bond motifs is 1. The summed E-state index contributed by atoms with van der Waals surface area (Å²) in [5.74, 6) is -0.177. The van der Waals surface area contributed by atoms with Crippen LogP contribution >= 0.6 is 0 Å². The highest BCUT2D eigenvalue weighted by Gasteiger charge is 2.20. The first-order valence-electron chi connectivity index (χ1n) is 8.05. The Hall–Kier alpha value is -2.93. The number of sulfone groups is 1. The van der Waals surface area contributed by atoms with E-state index in [4.69, 9.17) is 0 Å². The SMILES string of the molecule is CS(=O)(=O)CC(NC(=O)Nc1cccc2cnccc12)c1ccccc1. The van der Waals surface area contributed by atoms with Crippen molar-refractivity contribution in [1.29, 1.82) is 0 Å². The number of amides is 2. The summed E-state index contributed by atoms with van der Waals surface area (Å²) in [6.07, 6.45) is 4.52. The number of carbonyl (C=O) groups is 1. The number of rotatable bonds is 5. The predicted molar refractivity (Wildman–Crippen MR) is 103 cm³/mol. The van der Waals surface area contributed by atoms with Gasteiger partial charge in [0.2, 0.25) is 0 Å². The van der Waals surface area contributed by atoms with E-state index in [0.717, 1.165) is 22.6 Å². The maximum atomic E-state index is 12.5. The number of anilines is 1. The van der Waals surface area contributed by atoms with E-state index in [1.54, 1.807) is 30.6 Å². The van der Waals surface area contributed by atoms with Gasteiger partial charge < -0.3 is 10.6 Å². The van der Waals surface area contributed by atoms with Gasteiger partial charge in [0.25, 0.3) is 0 Å². The van der Waals surface area contributed by atoms with Crippen LogP contribution in [0.25, 0.3) is 10.8 Å². The zero-order valence-electron chi connectivity index (χ0n) is 14.2. The molecular formula is C19H19N3O3S. The number of nitrogens with one attached hydrogen (secondary N) is 2. The number of hydrogen-bond donors (Lipinski definition) is 2. The molecule has 0 saturated heterocycles. The molecular weight excluding hydrogens is 350 g/mol. The van der Waals surface area contributed by atoms with Crippen molar-refractivity contribution in [2.75, 3.05) is 17.3 Å². The van der Waals surface area contributed by atoms with Crippen molar-refractivity contribution in [3.8, 4) is 0 Å². The molecule has 7 heteroatoms. The molecule has 2 aromatic carbocycles. The van der Waals surface area contributed by atoms with Gasteiger partial charge in [0, 0.05) is 29.4 Å². The largest absolute Gasteiger partial charge is 0.330 e. The van der Waals surface area contributed by atoms with E-state index >= 15 is 0 Å². The van der Waals surface area contributed by atoms with Crippen molar-refractivity contribution in [3.05, 3.63) is 72.6 Å². The Morgan fingerprint density at radius 3 is 2.58 bits per heavy atom. The van der Waals surface area contributed by atoms with Crippen molar-refractivity contribution < 1.29 is 13.2 Å². The molecule has 3 aromatic rings. The fraction of sp³-hybridized carbons (Fsp3) is 0.158. The van der Waals surface area contributed by atoms with Crippen molar-refractivity contribution in [2.45, 2.75) is 6.04 Å². The minimum atomic E-state index is -3.28. The topological polar surface area (TPSA) is 88.2 Å². The third-order valence-electron chi connectivity index (χ3n) is 3.91. The van der Waals surface area contributed by atoms with E-state index in [0.29, 0.717) is 5.69 Å². The molecule has 3 rings (SSSR count). The molecule has 26 heavy (non-hydrogen) atoms. The lowest BCUT2D eigenvalue weighted by atomic mass is 10.1. The molecule has 6 nitrogen and oxygen atoms in total. The average molecular weight is 369 g/mol. The monoisotopic (exact) mass is 369 g/mol. The van der Waals surface area contributed by atoms with Crippen LogP contribution in [0.2, 0.25) is 0 Å². The van der Waals surface area contributed by atoms with Crippen LogP contribution in [0, 0.1) is 0 Å². The number of hydrogen-bond acceptors (Lipinski definition) is 4. The highest BCUT2D eigenvalue weighted by Crippen LogP contribution is 2.22. The first-order valence-corrected chi connectivity index (χ1v) is 10.1. The second kappa shape index (κ2) is 7.53. The number of carbonyl (C=O) groups excluding carboxylic acids is 1. The third kappa shape index (κ3) is 4.58. The van der Waals surface area contributed by atoms with Crippen LogP contribution in [0.5, 0.6) is 0 Å². The average Bonchev–Trinajstić information content (AvgIpc) is 2.61. The van der Waals surface area contributed by atoms with Gasteiger partial charge in [-0.2, -0.15) is 0 Å². The molecule has 2 N–H and O–H groups in total. The summed E-state index contributed by atoms with van der Waals surface area (Å²) in [6, 6.07) is 15.3. The van der Waals surface area contributed by atoms with E-state index < -0.39 is 21.9 Å². The lowest BCUT2D eigenvalue weighted by Gasteiger charge is -2.19. The summed E-state index contributed by atoms with van der Waals surface area (Å²) in [7, 11) is -3.28. The Morgan fingerprint density at radius 2 is 1.85 bits per heavy atom. The molecule has 0 aliphatic carbocycles. The van der Waals surface area contributed by atoms with Crippen LogP contribution in [0.1, 0.15) is 11.6 Å².